The van der Waals surface area contributed by atoms with Crippen molar-refractivity contribution in [3.63, 3.8) is 0 Å². The monoisotopic (exact) mass is 949 g/mol. The van der Waals surface area contributed by atoms with E-state index in [1.165, 1.54) is 28.9 Å². The number of phenols is 1. The third kappa shape index (κ3) is 10.9. The Morgan fingerprint density at radius 3 is 2.54 bits per heavy atom. The van der Waals surface area contributed by atoms with Crippen molar-refractivity contribution < 1.29 is 43.7 Å². The van der Waals surface area contributed by atoms with Gasteiger partial charge in [-0.1, -0.05) is 32.6 Å². The van der Waals surface area contributed by atoms with Crippen LogP contribution in [0.1, 0.15) is 83.2 Å². The molecule has 2 fully saturated rings. The van der Waals surface area contributed by atoms with E-state index in [1.807, 2.05) is 25.1 Å². The molecule has 0 unspecified atom stereocenters. The molecule has 6 bridgehead atoms. The molecular weight excluding hydrogens is 881 g/mol. The third-order valence-electron chi connectivity index (χ3n) is 13.6. The number of hydrazine groups is 1. The number of likely N-dealkylation sites (N-methyl/N-ethyl adjacent to an activating group) is 2. The Kier molecular flexibility index (Phi) is 15.3. The van der Waals surface area contributed by atoms with Crippen molar-refractivity contribution in [3.05, 3.63) is 83.7 Å². The molecule has 17 nitrogen and oxygen atoms in total. The zero-order chi connectivity index (χ0) is 49.9. The summed E-state index contributed by atoms with van der Waals surface area (Å²) in [5.74, 6) is -2.59. The minimum absolute atomic E-state index is 0.0430. The van der Waals surface area contributed by atoms with E-state index in [2.05, 4.69) is 66.2 Å². The van der Waals surface area contributed by atoms with Crippen LogP contribution in [-0.4, -0.2) is 142 Å². The molecule has 1 saturated heterocycles. The van der Waals surface area contributed by atoms with E-state index in [-0.39, 0.29) is 57.0 Å². The fraction of sp³-hybridized carbons (Fsp3) is 0.500. The molecular formula is C52H68N8O9. The summed E-state index contributed by atoms with van der Waals surface area (Å²) in [6.45, 7) is 14.6. The number of ether oxygens (including phenoxy) is 2. The minimum atomic E-state index is -1.24. The summed E-state index contributed by atoms with van der Waals surface area (Å²) in [5.41, 5.74) is 8.78. The highest BCUT2D eigenvalue weighted by Gasteiger charge is 2.51. The number of benzene rings is 2. The summed E-state index contributed by atoms with van der Waals surface area (Å²) in [4.78, 5) is 77.6. The summed E-state index contributed by atoms with van der Waals surface area (Å²) in [6, 6.07) is 11.9. The maximum atomic E-state index is 14.7. The summed E-state index contributed by atoms with van der Waals surface area (Å²) in [6.07, 6.45) is 3.96. The number of pyridine rings is 1. The van der Waals surface area contributed by atoms with E-state index < -0.39 is 52.8 Å². The van der Waals surface area contributed by atoms with Gasteiger partial charge in [-0.05, 0) is 117 Å². The zero-order valence-electron chi connectivity index (χ0n) is 41.2. The number of fused-ring (bicyclic) bond motifs is 6. The number of aromatic nitrogens is 2. The molecule has 1 saturated carbocycles. The quantitative estimate of drug-likeness (QED) is 0.0880. The molecule has 2 aromatic heterocycles. The lowest BCUT2D eigenvalue weighted by Crippen LogP contribution is -2.62. The number of phenolic OH excluding ortho intramolecular Hbond substituents is 1. The number of aryl methyl sites for hydroxylation is 1. The molecule has 4 aromatic rings. The lowest BCUT2D eigenvalue weighted by atomic mass is 9.84. The number of nitrogens with zero attached hydrogens (tertiary/aromatic N) is 5. The molecule has 7 rings (SSSR count). The third-order valence-corrected chi connectivity index (χ3v) is 13.6. The predicted molar refractivity (Wildman–Crippen MR) is 261 cm³/mol. The van der Waals surface area contributed by atoms with Crippen LogP contribution in [0.3, 0.4) is 0 Å². The van der Waals surface area contributed by atoms with E-state index in [0.717, 1.165) is 39.0 Å². The van der Waals surface area contributed by atoms with E-state index >= 15 is 0 Å². The van der Waals surface area contributed by atoms with Crippen LogP contribution in [-0.2, 0) is 52.8 Å². The van der Waals surface area contributed by atoms with E-state index in [4.69, 9.17) is 14.5 Å². The topological polar surface area (TPSA) is 208 Å². The summed E-state index contributed by atoms with van der Waals surface area (Å²) < 4.78 is 14.2. The van der Waals surface area contributed by atoms with Crippen molar-refractivity contribution in [2.45, 2.75) is 109 Å². The number of aromatic hydroxyl groups is 1. The number of hydrogen-bond acceptors (Lipinski definition) is 12. The molecule has 4 heterocycles. The normalized spacial score (nSPS) is 19.8. The first kappa shape index (κ1) is 50.7. The number of esters is 1. The largest absolute Gasteiger partial charge is 0.508 e. The van der Waals surface area contributed by atoms with E-state index in [1.54, 1.807) is 32.4 Å². The Hall–Kier alpha value is -6.14. The number of nitrogens with one attached hydrogen (secondary N) is 3. The number of cyclic esters (lactones) is 1. The van der Waals surface area contributed by atoms with Crippen LogP contribution in [0.2, 0.25) is 0 Å². The number of amides is 4. The van der Waals surface area contributed by atoms with Gasteiger partial charge in [-0.25, -0.2) is 5.43 Å². The highest BCUT2D eigenvalue weighted by atomic mass is 16.5. The van der Waals surface area contributed by atoms with Gasteiger partial charge in [0.2, 0.25) is 17.7 Å². The highest BCUT2D eigenvalue weighted by Crippen LogP contribution is 2.42. The van der Waals surface area contributed by atoms with Gasteiger partial charge in [-0.15, -0.1) is 0 Å². The molecule has 4 atom stereocenters. The number of methoxy groups -OCH3 is 1. The van der Waals surface area contributed by atoms with Gasteiger partial charge in [0.05, 0.1) is 42.8 Å². The van der Waals surface area contributed by atoms with Crippen molar-refractivity contribution >= 4 is 40.5 Å². The number of hydrogen-bond donors (Lipinski definition) is 5. The van der Waals surface area contributed by atoms with Crippen molar-refractivity contribution in [2.75, 3.05) is 54.1 Å². The van der Waals surface area contributed by atoms with Crippen LogP contribution in [0, 0.1) is 5.41 Å². The first-order valence-electron chi connectivity index (χ1n) is 23.9. The Labute approximate surface area is 404 Å². The van der Waals surface area contributed by atoms with Crippen molar-refractivity contribution in [2.24, 2.45) is 5.41 Å². The maximum absolute atomic E-state index is 14.7. The van der Waals surface area contributed by atoms with Gasteiger partial charge in [0.1, 0.15) is 23.9 Å². The van der Waals surface area contributed by atoms with Gasteiger partial charge < -0.3 is 44.7 Å². The molecule has 3 aliphatic rings. The van der Waals surface area contributed by atoms with Crippen LogP contribution < -0.4 is 16.1 Å². The fourth-order valence-corrected chi connectivity index (χ4v) is 9.83. The Bertz CT molecular complexity index is 2620. The van der Waals surface area contributed by atoms with Crippen LogP contribution in [0.15, 0.2) is 66.9 Å². The van der Waals surface area contributed by atoms with Gasteiger partial charge >= 0.3 is 5.97 Å². The molecule has 370 valence electrons. The first-order chi connectivity index (χ1) is 32.8. The number of carbonyl (C=O) groups excluding carboxylic acids is 5. The molecule has 1 aliphatic carbocycles. The van der Waals surface area contributed by atoms with E-state index in [9.17, 15) is 34.2 Å². The zero-order valence-corrected chi connectivity index (χ0v) is 41.2. The number of aliphatic hydroxyl groups is 1. The van der Waals surface area contributed by atoms with Crippen LogP contribution in [0.25, 0.3) is 33.3 Å². The number of carbonyl (C=O) groups is 5. The molecule has 5 N–H and O–H groups in total. The second-order valence-electron chi connectivity index (χ2n) is 19.7. The fourth-order valence-electron chi connectivity index (χ4n) is 9.83. The molecule has 0 spiro atoms. The minimum Gasteiger partial charge on any atom is -0.508 e. The second kappa shape index (κ2) is 20.8. The Morgan fingerprint density at radius 2 is 1.86 bits per heavy atom. The maximum Gasteiger partial charge on any atom is 0.324 e. The molecule has 69 heavy (non-hydrogen) atoms. The molecule has 17 heteroatoms. The number of rotatable bonds is 14. The van der Waals surface area contributed by atoms with Gasteiger partial charge in [0.25, 0.3) is 5.91 Å². The average Bonchev–Trinajstić information content (AvgIpc) is 4.06. The predicted octanol–water partition coefficient (Wildman–Crippen LogP) is 4.43. The lowest BCUT2D eigenvalue weighted by Gasteiger charge is -2.36. The summed E-state index contributed by atoms with van der Waals surface area (Å²) >= 11 is 0. The van der Waals surface area contributed by atoms with Gasteiger partial charge in [0.15, 0.2) is 0 Å². The van der Waals surface area contributed by atoms with Crippen LogP contribution >= 0.6 is 0 Å². The van der Waals surface area contributed by atoms with Crippen molar-refractivity contribution in [1.29, 1.82) is 0 Å². The Morgan fingerprint density at radius 1 is 1.10 bits per heavy atom. The van der Waals surface area contributed by atoms with Crippen molar-refractivity contribution in [3.8, 4) is 28.1 Å². The van der Waals surface area contributed by atoms with E-state index in [0.29, 0.717) is 55.3 Å². The molecule has 0 radical (unpaired) electrons. The molecule has 4 amide bonds. The molecule has 2 aromatic carbocycles. The van der Waals surface area contributed by atoms with Crippen LogP contribution in [0.4, 0.5) is 0 Å². The Balaban J connectivity index is 1.27. The smallest absolute Gasteiger partial charge is 0.324 e. The van der Waals surface area contributed by atoms with Gasteiger partial charge in [0, 0.05) is 75.3 Å². The standard InChI is InChI=1S/C52H68N8O9/c1-10-59-42-16-15-34-27-38(42)39(46(59)37-13-11-19-53-44(37)32(4)68-9)28-51(5,6)30-69-49(66)40-14-12-21-60(56-40)48(65)41(25-33-23-35(34)26-36(62)24-33)55-47(64)45(31(2)3)58(8)43(63)29-57(7)50(67)52(17-18-52)54-20-22-61/h11,13,15-16,19,23-24,26-27,32,40-41,45,54,56,61-62H,2,10,12,14,17-18,20-22,25,28-30H2,1,3-9H3,(H,55,64)/t32-,40-,41-,45-/m0/s1. The SMILES string of the molecule is C=C(C)[C@@H](C(=O)N[C@H]1Cc2cc(O)cc(c2)-c2ccc3c(c2)c(c(-c2cccnc2[C@H](C)OC)n3CC)CC(C)(C)COC(=O)[C@@H]2CCCN(N2)C1=O)N(C)C(=O)CN(C)C(=O)C1(NCCO)CC1. The second-order valence-corrected chi connectivity index (χ2v) is 19.7. The first-order valence-corrected chi connectivity index (χ1v) is 23.9. The van der Waals surface area contributed by atoms with Gasteiger partial charge in [-0.3, -0.25) is 34.0 Å². The highest BCUT2D eigenvalue weighted by molar-refractivity contribution is 5.97. The summed E-state index contributed by atoms with van der Waals surface area (Å²) in [7, 11) is 4.63. The molecule has 2 aliphatic heterocycles. The van der Waals surface area contributed by atoms with Crippen LogP contribution in [0.5, 0.6) is 5.75 Å². The lowest BCUT2D eigenvalue weighted by molar-refractivity contribution is -0.155. The summed E-state index contributed by atoms with van der Waals surface area (Å²) in [5, 5.41) is 28.9. The number of β-amino-alcohol motifs (C(OH)–C–C–N with tert-alkyl or cyclic N) is 1. The average molecular weight is 949 g/mol. The number of aliphatic hydroxyl groups excluding tert-OH is 1. The van der Waals surface area contributed by atoms with Gasteiger partial charge in [-0.2, -0.15) is 0 Å². The van der Waals surface area contributed by atoms with Crippen molar-refractivity contribution in [1.82, 2.24) is 40.4 Å².